The van der Waals surface area contributed by atoms with Crippen molar-refractivity contribution in [2.75, 3.05) is 11.1 Å². The monoisotopic (exact) mass is 336 g/mol. The van der Waals surface area contributed by atoms with Gasteiger partial charge in [-0.2, -0.15) is 5.26 Å². The van der Waals surface area contributed by atoms with Crippen LogP contribution in [0.2, 0.25) is 0 Å². The van der Waals surface area contributed by atoms with E-state index in [9.17, 15) is 9.59 Å². The Hall–Kier alpha value is -3.11. The van der Waals surface area contributed by atoms with E-state index in [2.05, 4.69) is 15.3 Å². The number of para-hydroxylation sites is 2. The van der Waals surface area contributed by atoms with Gasteiger partial charge in [0.1, 0.15) is 6.07 Å². The molecule has 0 saturated carbocycles. The SMILES string of the molecule is N#Cc1ccccc1NC(=O)CSc1nc2ccccc2c(=O)[nH]1. The van der Waals surface area contributed by atoms with Crippen LogP contribution in [-0.4, -0.2) is 21.6 Å². The van der Waals surface area contributed by atoms with Crippen LogP contribution in [0.15, 0.2) is 58.5 Å². The lowest BCUT2D eigenvalue weighted by molar-refractivity contribution is -0.113. The predicted molar refractivity (Wildman–Crippen MR) is 92.9 cm³/mol. The summed E-state index contributed by atoms with van der Waals surface area (Å²) in [5, 5.41) is 12.6. The van der Waals surface area contributed by atoms with Crippen molar-refractivity contribution in [3.05, 3.63) is 64.4 Å². The molecule has 0 unspecified atom stereocenters. The normalized spacial score (nSPS) is 10.3. The largest absolute Gasteiger partial charge is 0.324 e. The number of hydrogen-bond acceptors (Lipinski definition) is 5. The Morgan fingerprint density at radius 3 is 2.79 bits per heavy atom. The quantitative estimate of drug-likeness (QED) is 0.563. The lowest BCUT2D eigenvalue weighted by Gasteiger charge is -2.06. The molecule has 0 saturated heterocycles. The maximum atomic E-state index is 12.0. The summed E-state index contributed by atoms with van der Waals surface area (Å²) in [6.07, 6.45) is 0. The van der Waals surface area contributed by atoms with Gasteiger partial charge >= 0.3 is 0 Å². The van der Waals surface area contributed by atoms with Gasteiger partial charge in [0.2, 0.25) is 5.91 Å². The number of aromatic amines is 1. The minimum Gasteiger partial charge on any atom is -0.324 e. The van der Waals surface area contributed by atoms with Crippen molar-refractivity contribution in [2.24, 2.45) is 0 Å². The predicted octanol–water partition coefficient (Wildman–Crippen LogP) is 2.53. The molecule has 0 bridgehead atoms. The number of H-pyrrole nitrogens is 1. The molecule has 0 aliphatic heterocycles. The number of aromatic nitrogens is 2. The molecule has 0 radical (unpaired) electrons. The number of amides is 1. The summed E-state index contributed by atoms with van der Waals surface area (Å²) in [7, 11) is 0. The average Bonchev–Trinajstić information content (AvgIpc) is 2.60. The fourth-order valence-electron chi connectivity index (χ4n) is 2.14. The van der Waals surface area contributed by atoms with Crippen LogP contribution < -0.4 is 10.9 Å². The number of nitriles is 1. The first-order valence-electron chi connectivity index (χ1n) is 7.08. The number of benzene rings is 2. The van der Waals surface area contributed by atoms with Crippen molar-refractivity contribution < 1.29 is 4.79 Å². The Kier molecular flexibility index (Phi) is 4.59. The molecule has 0 atom stereocenters. The van der Waals surface area contributed by atoms with E-state index in [0.29, 0.717) is 27.3 Å². The smallest absolute Gasteiger partial charge is 0.259 e. The zero-order valence-electron chi connectivity index (χ0n) is 12.4. The summed E-state index contributed by atoms with van der Waals surface area (Å²) >= 11 is 1.13. The fraction of sp³-hybridized carbons (Fsp3) is 0.0588. The number of hydrogen-bond donors (Lipinski definition) is 2. The van der Waals surface area contributed by atoms with E-state index in [-0.39, 0.29) is 17.2 Å². The van der Waals surface area contributed by atoms with Crippen molar-refractivity contribution >= 4 is 34.3 Å². The van der Waals surface area contributed by atoms with Crippen molar-refractivity contribution in [1.29, 1.82) is 5.26 Å². The van der Waals surface area contributed by atoms with Gasteiger partial charge < -0.3 is 10.3 Å². The number of carbonyl (C=O) groups is 1. The van der Waals surface area contributed by atoms with Gasteiger partial charge in [0.05, 0.1) is 27.9 Å². The highest BCUT2D eigenvalue weighted by atomic mass is 32.2. The number of carbonyl (C=O) groups excluding carboxylic acids is 1. The Morgan fingerprint density at radius 2 is 1.96 bits per heavy atom. The van der Waals surface area contributed by atoms with Crippen LogP contribution in [0, 0.1) is 11.3 Å². The molecule has 6 nitrogen and oxygen atoms in total. The minimum atomic E-state index is -0.279. The zero-order chi connectivity index (χ0) is 16.9. The lowest BCUT2D eigenvalue weighted by Crippen LogP contribution is -2.16. The maximum absolute atomic E-state index is 12.0. The number of nitrogens with zero attached hydrogens (tertiary/aromatic N) is 2. The molecule has 1 aromatic heterocycles. The third-order valence-electron chi connectivity index (χ3n) is 3.25. The highest BCUT2D eigenvalue weighted by Crippen LogP contribution is 2.17. The third-order valence-corrected chi connectivity index (χ3v) is 4.13. The summed E-state index contributed by atoms with van der Waals surface area (Å²) in [5.74, 6) is -0.209. The molecule has 7 heteroatoms. The maximum Gasteiger partial charge on any atom is 0.259 e. The molecular weight excluding hydrogens is 324 g/mol. The van der Waals surface area contributed by atoms with Crippen LogP contribution >= 0.6 is 11.8 Å². The number of anilines is 1. The van der Waals surface area contributed by atoms with E-state index < -0.39 is 0 Å². The minimum absolute atomic E-state index is 0.0705. The van der Waals surface area contributed by atoms with Crippen molar-refractivity contribution in [3.63, 3.8) is 0 Å². The summed E-state index contributed by atoms with van der Waals surface area (Å²) in [6.45, 7) is 0. The molecule has 0 aliphatic rings. The standard InChI is InChI=1S/C17H12N4O2S/c18-9-11-5-1-3-7-13(11)19-15(22)10-24-17-20-14-8-4-2-6-12(14)16(23)21-17/h1-8H,10H2,(H,19,22)(H,20,21,23). The first kappa shape index (κ1) is 15.8. The molecular formula is C17H12N4O2S. The average molecular weight is 336 g/mol. The molecule has 0 spiro atoms. The van der Waals surface area contributed by atoms with Crippen LogP contribution in [0.3, 0.4) is 0 Å². The van der Waals surface area contributed by atoms with Gasteiger partial charge in [0, 0.05) is 0 Å². The summed E-state index contributed by atoms with van der Waals surface area (Å²) < 4.78 is 0. The second-order valence-corrected chi connectivity index (χ2v) is 5.85. The van der Waals surface area contributed by atoms with Gasteiger partial charge in [-0.25, -0.2) is 4.98 Å². The van der Waals surface area contributed by atoms with E-state index in [1.54, 1.807) is 48.5 Å². The highest BCUT2D eigenvalue weighted by Gasteiger charge is 2.09. The van der Waals surface area contributed by atoms with Crippen molar-refractivity contribution in [2.45, 2.75) is 5.16 Å². The van der Waals surface area contributed by atoms with Crippen LogP contribution in [-0.2, 0) is 4.79 Å². The molecule has 3 rings (SSSR count). The topological polar surface area (TPSA) is 98.6 Å². The Bertz CT molecular complexity index is 1010. The first-order valence-corrected chi connectivity index (χ1v) is 8.07. The molecule has 3 aromatic rings. The van der Waals surface area contributed by atoms with Crippen LogP contribution in [0.1, 0.15) is 5.56 Å². The van der Waals surface area contributed by atoms with Crippen LogP contribution in [0.4, 0.5) is 5.69 Å². The number of rotatable bonds is 4. The highest BCUT2D eigenvalue weighted by molar-refractivity contribution is 7.99. The first-order chi connectivity index (χ1) is 11.7. The Labute approximate surface area is 141 Å². The Balaban J connectivity index is 1.71. The number of thioether (sulfide) groups is 1. The molecule has 0 fully saturated rings. The molecule has 24 heavy (non-hydrogen) atoms. The molecule has 2 aromatic carbocycles. The van der Waals surface area contributed by atoms with Crippen molar-refractivity contribution in [3.8, 4) is 6.07 Å². The third kappa shape index (κ3) is 3.45. The van der Waals surface area contributed by atoms with Crippen molar-refractivity contribution in [1.82, 2.24) is 9.97 Å². The van der Waals surface area contributed by atoms with Gasteiger partial charge in [0.25, 0.3) is 5.56 Å². The molecule has 1 amide bonds. The summed E-state index contributed by atoms with van der Waals surface area (Å²) in [6, 6.07) is 15.8. The molecule has 2 N–H and O–H groups in total. The van der Waals surface area contributed by atoms with E-state index in [1.807, 2.05) is 6.07 Å². The van der Waals surface area contributed by atoms with Gasteiger partial charge in [-0.05, 0) is 24.3 Å². The van der Waals surface area contributed by atoms with Gasteiger partial charge in [-0.3, -0.25) is 9.59 Å². The molecule has 0 aliphatic carbocycles. The van der Waals surface area contributed by atoms with Crippen LogP contribution in [0.25, 0.3) is 10.9 Å². The number of fused-ring (bicyclic) bond motifs is 1. The van der Waals surface area contributed by atoms with Gasteiger partial charge in [-0.15, -0.1) is 0 Å². The summed E-state index contributed by atoms with van der Waals surface area (Å²) in [4.78, 5) is 31.0. The zero-order valence-corrected chi connectivity index (χ0v) is 13.3. The van der Waals surface area contributed by atoms with Gasteiger partial charge in [0.15, 0.2) is 5.16 Å². The second kappa shape index (κ2) is 6.98. The fourth-order valence-corrected chi connectivity index (χ4v) is 2.81. The van der Waals surface area contributed by atoms with E-state index in [0.717, 1.165) is 11.8 Å². The number of nitrogens with one attached hydrogen (secondary N) is 2. The van der Waals surface area contributed by atoms with E-state index in [1.165, 1.54) is 0 Å². The van der Waals surface area contributed by atoms with Crippen LogP contribution in [0.5, 0.6) is 0 Å². The Morgan fingerprint density at radius 1 is 1.21 bits per heavy atom. The van der Waals surface area contributed by atoms with E-state index >= 15 is 0 Å². The lowest BCUT2D eigenvalue weighted by atomic mass is 10.2. The summed E-state index contributed by atoms with van der Waals surface area (Å²) in [5.41, 5.74) is 1.20. The molecule has 118 valence electrons. The second-order valence-electron chi connectivity index (χ2n) is 4.88. The molecule has 1 heterocycles. The van der Waals surface area contributed by atoms with Gasteiger partial charge in [-0.1, -0.05) is 36.0 Å². The van der Waals surface area contributed by atoms with E-state index in [4.69, 9.17) is 5.26 Å².